The molecule has 0 aliphatic heterocycles. The van der Waals surface area contributed by atoms with Gasteiger partial charge in [-0.1, -0.05) is 17.7 Å². The van der Waals surface area contributed by atoms with Crippen LogP contribution in [0.25, 0.3) is 0 Å². The molecule has 0 aromatic heterocycles. The summed E-state index contributed by atoms with van der Waals surface area (Å²) in [7, 11) is 0. The largest absolute Gasteiger partial charge is 0.481 e. The first-order chi connectivity index (χ1) is 7.39. The van der Waals surface area contributed by atoms with Gasteiger partial charge < -0.3 is 5.11 Å². The van der Waals surface area contributed by atoms with Gasteiger partial charge in [-0.3, -0.25) is 4.79 Å². The van der Waals surface area contributed by atoms with E-state index in [4.69, 9.17) is 16.7 Å². The first-order valence-electron chi connectivity index (χ1n) is 4.70. The Hall–Kier alpha value is -1.35. The van der Waals surface area contributed by atoms with Crippen LogP contribution in [0.2, 0.25) is 5.02 Å². The molecule has 0 heterocycles. The number of carboxylic acid groups (broad SMARTS) is 1. The summed E-state index contributed by atoms with van der Waals surface area (Å²) in [5, 5.41) is 9.40. The summed E-state index contributed by atoms with van der Waals surface area (Å²) in [6, 6.07) is 3.89. The number of hydrogen-bond acceptors (Lipinski definition) is 1. The van der Waals surface area contributed by atoms with Crippen molar-refractivity contribution >= 4 is 17.6 Å². The Morgan fingerprint density at radius 1 is 1.69 bits per heavy atom. The molecule has 0 saturated carbocycles. The second-order valence-corrected chi connectivity index (χ2v) is 4.25. The molecule has 0 spiro atoms. The number of hydrogen-bond donors (Lipinski definition) is 1. The van der Waals surface area contributed by atoms with E-state index in [9.17, 15) is 9.18 Å². The zero-order chi connectivity index (χ0) is 12.3. The lowest BCUT2D eigenvalue weighted by molar-refractivity contribution is -0.145. The van der Waals surface area contributed by atoms with Gasteiger partial charge in [-0.2, -0.15) is 0 Å². The van der Waals surface area contributed by atoms with E-state index in [0.29, 0.717) is 10.6 Å². The van der Waals surface area contributed by atoms with Crippen LogP contribution in [0.4, 0.5) is 4.39 Å². The molecule has 1 N–H and O–H groups in total. The number of rotatable bonds is 4. The predicted octanol–water partition coefficient (Wildman–Crippen LogP) is 3.30. The highest BCUT2D eigenvalue weighted by Crippen LogP contribution is 2.28. The molecular formula is C12H12ClFO2. The SMILES string of the molecule is C=CC(C)(Cc1cc(F)ccc1Cl)C(=O)O. The third kappa shape index (κ3) is 2.61. The molecule has 86 valence electrons. The number of halogens is 2. The Morgan fingerprint density at radius 3 is 2.81 bits per heavy atom. The summed E-state index contributed by atoms with van der Waals surface area (Å²) < 4.78 is 13.0. The lowest BCUT2D eigenvalue weighted by atomic mass is 9.84. The van der Waals surface area contributed by atoms with E-state index in [1.54, 1.807) is 0 Å². The average Bonchev–Trinajstić information content (AvgIpc) is 2.23. The Bertz CT molecular complexity index is 431. The third-order valence-electron chi connectivity index (χ3n) is 2.50. The topological polar surface area (TPSA) is 37.3 Å². The minimum Gasteiger partial charge on any atom is -0.481 e. The summed E-state index contributed by atoms with van der Waals surface area (Å²) in [5.41, 5.74) is -0.677. The van der Waals surface area contributed by atoms with Gasteiger partial charge in [-0.15, -0.1) is 6.58 Å². The number of carboxylic acids is 1. The Morgan fingerprint density at radius 2 is 2.31 bits per heavy atom. The Kier molecular flexibility index (Phi) is 3.70. The quantitative estimate of drug-likeness (QED) is 0.823. The van der Waals surface area contributed by atoms with Crippen LogP contribution in [0, 0.1) is 11.2 Å². The van der Waals surface area contributed by atoms with Gasteiger partial charge >= 0.3 is 5.97 Å². The summed E-state index contributed by atoms with van der Waals surface area (Å²) in [5.74, 6) is -1.45. The summed E-state index contributed by atoms with van der Waals surface area (Å²) in [6.07, 6.45) is 1.44. The van der Waals surface area contributed by atoms with Crippen LogP contribution < -0.4 is 0 Å². The van der Waals surface area contributed by atoms with Crippen LogP contribution in [0.5, 0.6) is 0 Å². The molecule has 1 unspecified atom stereocenters. The van der Waals surface area contributed by atoms with Gasteiger partial charge in [0.05, 0.1) is 5.41 Å². The highest BCUT2D eigenvalue weighted by molar-refractivity contribution is 6.31. The smallest absolute Gasteiger partial charge is 0.313 e. The molecule has 1 rings (SSSR count). The van der Waals surface area contributed by atoms with E-state index in [1.807, 2.05) is 0 Å². The number of aliphatic carboxylic acids is 1. The maximum atomic E-state index is 13.0. The first-order valence-corrected chi connectivity index (χ1v) is 5.08. The molecule has 1 aromatic rings. The van der Waals surface area contributed by atoms with E-state index in [2.05, 4.69) is 6.58 Å². The Labute approximate surface area is 98.4 Å². The second-order valence-electron chi connectivity index (χ2n) is 3.84. The monoisotopic (exact) mass is 242 g/mol. The second kappa shape index (κ2) is 4.66. The molecule has 0 aliphatic rings. The fourth-order valence-corrected chi connectivity index (χ4v) is 1.49. The van der Waals surface area contributed by atoms with Crippen molar-refractivity contribution in [2.24, 2.45) is 5.41 Å². The van der Waals surface area contributed by atoms with Crippen LogP contribution >= 0.6 is 11.6 Å². The van der Waals surface area contributed by atoms with Crippen LogP contribution in [0.3, 0.4) is 0 Å². The van der Waals surface area contributed by atoms with E-state index in [1.165, 1.54) is 31.2 Å². The molecule has 0 radical (unpaired) electrons. The van der Waals surface area contributed by atoms with Gasteiger partial charge in [0.25, 0.3) is 0 Å². The summed E-state index contributed by atoms with van der Waals surface area (Å²) in [4.78, 5) is 11.0. The van der Waals surface area contributed by atoms with E-state index >= 15 is 0 Å². The molecule has 2 nitrogen and oxygen atoms in total. The van der Waals surface area contributed by atoms with Crippen molar-refractivity contribution in [2.75, 3.05) is 0 Å². The molecular weight excluding hydrogens is 231 g/mol. The Balaban J connectivity index is 3.07. The molecule has 0 amide bonds. The molecule has 16 heavy (non-hydrogen) atoms. The fourth-order valence-electron chi connectivity index (χ4n) is 1.31. The molecule has 0 saturated heterocycles. The average molecular weight is 243 g/mol. The number of benzene rings is 1. The van der Waals surface area contributed by atoms with Crippen molar-refractivity contribution < 1.29 is 14.3 Å². The minimum absolute atomic E-state index is 0.114. The fraction of sp³-hybridized carbons (Fsp3) is 0.250. The first kappa shape index (κ1) is 12.7. The normalized spacial score (nSPS) is 14.2. The maximum absolute atomic E-state index is 13.0. The van der Waals surface area contributed by atoms with Gasteiger partial charge in [0.1, 0.15) is 5.82 Å². The van der Waals surface area contributed by atoms with E-state index in [0.717, 1.165) is 0 Å². The van der Waals surface area contributed by atoms with Gasteiger partial charge in [-0.05, 0) is 37.1 Å². The molecule has 0 fully saturated rings. The molecule has 1 aromatic carbocycles. The molecule has 1 atom stereocenters. The van der Waals surface area contributed by atoms with E-state index in [-0.39, 0.29) is 6.42 Å². The van der Waals surface area contributed by atoms with Crippen molar-refractivity contribution in [1.82, 2.24) is 0 Å². The maximum Gasteiger partial charge on any atom is 0.313 e. The summed E-state index contributed by atoms with van der Waals surface area (Å²) in [6.45, 7) is 5.00. The zero-order valence-corrected chi connectivity index (χ0v) is 9.59. The van der Waals surface area contributed by atoms with Crippen LogP contribution in [-0.4, -0.2) is 11.1 Å². The lowest BCUT2D eigenvalue weighted by Gasteiger charge is -2.20. The van der Waals surface area contributed by atoms with Crippen LogP contribution in [0.15, 0.2) is 30.9 Å². The summed E-state index contributed by atoms with van der Waals surface area (Å²) >= 11 is 5.87. The highest BCUT2D eigenvalue weighted by atomic mass is 35.5. The van der Waals surface area contributed by atoms with Crippen LogP contribution in [0.1, 0.15) is 12.5 Å². The van der Waals surface area contributed by atoms with Crippen molar-refractivity contribution in [1.29, 1.82) is 0 Å². The van der Waals surface area contributed by atoms with Gasteiger partial charge in [0, 0.05) is 5.02 Å². The van der Waals surface area contributed by atoms with Gasteiger partial charge in [0.2, 0.25) is 0 Å². The van der Waals surface area contributed by atoms with Crippen molar-refractivity contribution in [2.45, 2.75) is 13.3 Å². The van der Waals surface area contributed by atoms with Crippen molar-refractivity contribution in [3.05, 3.63) is 47.3 Å². The number of carbonyl (C=O) groups is 1. The zero-order valence-electron chi connectivity index (χ0n) is 8.84. The van der Waals surface area contributed by atoms with Crippen molar-refractivity contribution in [3.63, 3.8) is 0 Å². The van der Waals surface area contributed by atoms with Crippen molar-refractivity contribution in [3.8, 4) is 0 Å². The van der Waals surface area contributed by atoms with Gasteiger partial charge in [-0.25, -0.2) is 4.39 Å². The minimum atomic E-state index is -1.14. The third-order valence-corrected chi connectivity index (χ3v) is 2.87. The standard InChI is InChI=1S/C12H12ClFO2/c1-3-12(2,11(15)16)7-8-6-9(14)4-5-10(8)13/h3-6H,1,7H2,2H3,(H,15,16). The molecule has 0 aliphatic carbocycles. The van der Waals surface area contributed by atoms with Gasteiger partial charge in [0.15, 0.2) is 0 Å². The predicted molar refractivity (Wildman–Crippen MR) is 61.1 cm³/mol. The van der Waals surface area contributed by atoms with Crippen LogP contribution in [-0.2, 0) is 11.2 Å². The highest BCUT2D eigenvalue weighted by Gasteiger charge is 2.30. The molecule has 4 heteroatoms. The van der Waals surface area contributed by atoms with E-state index < -0.39 is 17.2 Å². The molecule has 0 bridgehead atoms. The lowest BCUT2D eigenvalue weighted by Crippen LogP contribution is -2.27.